The Hall–Kier alpha value is -1.57. The van der Waals surface area contributed by atoms with Gasteiger partial charge in [0.05, 0.1) is 33.9 Å². The molecule has 0 aliphatic rings. The minimum atomic E-state index is 0.119. The first-order valence-electron chi connectivity index (χ1n) is 5.05. The summed E-state index contributed by atoms with van der Waals surface area (Å²) in [4.78, 5) is 5.16. The maximum Gasteiger partial charge on any atom is 0.0992 e. The Morgan fingerprint density at radius 3 is 3.00 bits per heavy atom. The Morgan fingerprint density at radius 2 is 2.35 bits per heavy atom. The number of nitrogens with one attached hydrogen (secondary N) is 1. The summed E-state index contributed by atoms with van der Waals surface area (Å²) >= 11 is 7.66. The van der Waals surface area contributed by atoms with Crippen LogP contribution in [0.3, 0.4) is 0 Å². The van der Waals surface area contributed by atoms with E-state index in [9.17, 15) is 0 Å². The van der Waals surface area contributed by atoms with Gasteiger partial charge in [-0.25, -0.2) is 0 Å². The fraction of sp³-hybridized carbons (Fsp3) is 0.167. The third-order valence-electron chi connectivity index (χ3n) is 2.35. The van der Waals surface area contributed by atoms with Crippen LogP contribution < -0.4 is 5.32 Å². The second-order valence-electron chi connectivity index (χ2n) is 3.58. The number of benzene rings is 1. The van der Waals surface area contributed by atoms with E-state index in [1.807, 2.05) is 13.1 Å². The Balaban J connectivity index is 2.21. The van der Waals surface area contributed by atoms with Crippen LogP contribution in [0.5, 0.6) is 0 Å². The molecule has 3 nitrogen and oxygen atoms in total. The monoisotopic (exact) mass is 263 g/mol. The lowest BCUT2D eigenvalue weighted by Gasteiger charge is -2.14. The maximum atomic E-state index is 8.84. The van der Waals surface area contributed by atoms with Crippen molar-refractivity contribution >= 4 is 28.6 Å². The summed E-state index contributed by atoms with van der Waals surface area (Å²) in [5.74, 6) is 0. The predicted molar refractivity (Wildman–Crippen MR) is 70.3 cm³/mol. The van der Waals surface area contributed by atoms with Gasteiger partial charge >= 0.3 is 0 Å². The van der Waals surface area contributed by atoms with Crippen LogP contribution in [0.4, 0.5) is 5.69 Å². The lowest BCUT2D eigenvalue weighted by molar-refractivity contribution is 0.903. The summed E-state index contributed by atoms with van der Waals surface area (Å²) in [7, 11) is 0. The van der Waals surface area contributed by atoms with Crippen LogP contribution in [0.2, 0.25) is 5.02 Å². The molecule has 1 aromatic carbocycles. The molecule has 0 aliphatic carbocycles. The SMILES string of the molecule is CC(Nc1cc(C#N)ccc1Cl)c1cncs1. The number of nitriles is 1. The molecule has 0 spiro atoms. The van der Waals surface area contributed by atoms with Crippen molar-refractivity contribution < 1.29 is 0 Å². The molecular formula is C12H10ClN3S. The van der Waals surface area contributed by atoms with Crippen LogP contribution in [0, 0.1) is 11.3 Å². The molecule has 1 aromatic heterocycles. The topological polar surface area (TPSA) is 48.7 Å². The Bertz CT molecular complexity index is 545. The molecule has 2 aromatic rings. The van der Waals surface area contributed by atoms with Gasteiger partial charge in [-0.3, -0.25) is 4.98 Å². The zero-order valence-corrected chi connectivity index (χ0v) is 10.7. The molecule has 1 atom stereocenters. The number of thiazole rings is 1. The number of rotatable bonds is 3. The first-order valence-corrected chi connectivity index (χ1v) is 6.31. The van der Waals surface area contributed by atoms with Crippen molar-refractivity contribution in [2.45, 2.75) is 13.0 Å². The van der Waals surface area contributed by atoms with E-state index in [-0.39, 0.29) is 6.04 Å². The number of anilines is 1. The molecule has 86 valence electrons. The molecule has 1 N–H and O–H groups in total. The fourth-order valence-corrected chi connectivity index (χ4v) is 2.25. The van der Waals surface area contributed by atoms with Crippen molar-refractivity contribution in [2.24, 2.45) is 0 Å². The van der Waals surface area contributed by atoms with Gasteiger partial charge in [0.2, 0.25) is 0 Å². The van der Waals surface area contributed by atoms with Gasteiger partial charge in [0.25, 0.3) is 0 Å². The molecule has 0 bridgehead atoms. The predicted octanol–water partition coefficient (Wildman–Crippen LogP) is 3.84. The number of halogens is 1. The molecule has 0 amide bonds. The first-order chi connectivity index (χ1) is 8.20. The molecular weight excluding hydrogens is 254 g/mol. The first kappa shape index (κ1) is 11.9. The van der Waals surface area contributed by atoms with Gasteiger partial charge in [0.1, 0.15) is 0 Å². The highest BCUT2D eigenvalue weighted by Gasteiger charge is 2.09. The summed E-state index contributed by atoms with van der Waals surface area (Å²) in [6.07, 6.45) is 1.82. The molecule has 0 radical (unpaired) electrons. The lowest BCUT2D eigenvalue weighted by Crippen LogP contribution is -2.05. The van der Waals surface area contributed by atoms with E-state index in [4.69, 9.17) is 16.9 Å². The number of hydrogen-bond acceptors (Lipinski definition) is 4. The van der Waals surface area contributed by atoms with Gasteiger partial charge in [-0.15, -0.1) is 11.3 Å². The Morgan fingerprint density at radius 1 is 1.53 bits per heavy atom. The average Bonchev–Trinajstić information content (AvgIpc) is 2.85. The van der Waals surface area contributed by atoms with Crippen LogP contribution >= 0.6 is 22.9 Å². The second kappa shape index (κ2) is 5.17. The molecule has 0 saturated heterocycles. The van der Waals surface area contributed by atoms with E-state index >= 15 is 0 Å². The smallest absolute Gasteiger partial charge is 0.0992 e. The summed E-state index contributed by atoms with van der Waals surface area (Å²) in [6.45, 7) is 2.03. The van der Waals surface area contributed by atoms with Gasteiger partial charge < -0.3 is 5.32 Å². The molecule has 1 heterocycles. The third kappa shape index (κ3) is 2.76. The minimum absolute atomic E-state index is 0.119. The van der Waals surface area contributed by atoms with E-state index in [0.717, 1.165) is 10.6 Å². The van der Waals surface area contributed by atoms with Crippen LogP contribution in [-0.4, -0.2) is 4.98 Å². The average molecular weight is 264 g/mol. The number of hydrogen-bond donors (Lipinski definition) is 1. The number of aromatic nitrogens is 1. The summed E-state index contributed by atoms with van der Waals surface area (Å²) < 4.78 is 0. The van der Waals surface area contributed by atoms with Crippen LogP contribution in [0.25, 0.3) is 0 Å². The lowest BCUT2D eigenvalue weighted by atomic mass is 10.2. The molecule has 0 fully saturated rings. The highest BCUT2D eigenvalue weighted by Crippen LogP contribution is 2.28. The second-order valence-corrected chi connectivity index (χ2v) is 4.90. The quantitative estimate of drug-likeness (QED) is 0.915. The van der Waals surface area contributed by atoms with E-state index < -0.39 is 0 Å². The van der Waals surface area contributed by atoms with Crippen LogP contribution in [0.15, 0.2) is 29.9 Å². The van der Waals surface area contributed by atoms with E-state index in [1.165, 1.54) is 0 Å². The van der Waals surface area contributed by atoms with Crippen LogP contribution in [0.1, 0.15) is 23.4 Å². The van der Waals surface area contributed by atoms with Crippen molar-refractivity contribution in [3.8, 4) is 6.07 Å². The van der Waals surface area contributed by atoms with Crippen molar-refractivity contribution in [2.75, 3.05) is 5.32 Å². The van der Waals surface area contributed by atoms with E-state index in [1.54, 1.807) is 35.0 Å². The molecule has 0 aliphatic heterocycles. The molecule has 2 rings (SSSR count). The standard InChI is InChI=1S/C12H10ClN3S/c1-8(12-6-15-7-17-12)16-11-4-9(5-14)2-3-10(11)13/h2-4,6-8,16H,1H3. The van der Waals surface area contributed by atoms with Crippen molar-refractivity contribution in [1.29, 1.82) is 5.26 Å². The third-order valence-corrected chi connectivity index (χ3v) is 3.63. The fourth-order valence-electron chi connectivity index (χ4n) is 1.45. The van der Waals surface area contributed by atoms with Crippen molar-refractivity contribution in [1.82, 2.24) is 4.98 Å². The van der Waals surface area contributed by atoms with Gasteiger partial charge in [-0.1, -0.05) is 11.6 Å². The van der Waals surface area contributed by atoms with Gasteiger partial charge in [0.15, 0.2) is 0 Å². The minimum Gasteiger partial charge on any atom is -0.376 e. The Labute approximate surface area is 109 Å². The molecule has 1 unspecified atom stereocenters. The molecule has 5 heteroatoms. The van der Waals surface area contributed by atoms with Crippen molar-refractivity contribution in [3.63, 3.8) is 0 Å². The van der Waals surface area contributed by atoms with Gasteiger partial charge in [0, 0.05) is 11.1 Å². The largest absolute Gasteiger partial charge is 0.376 e. The summed E-state index contributed by atoms with van der Waals surface area (Å²) in [5.41, 5.74) is 3.15. The summed E-state index contributed by atoms with van der Waals surface area (Å²) in [5, 5.41) is 12.7. The van der Waals surface area contributed by atoms with Gasteiger partial charge in [-0.05, 0) is 25.1 Å². The summed E-state index contributed by atoms with van der Waals surface area (Å²) in [6, 6.07) is 7.39. The van der Waals surface area contributed by atoms with Crippen molar-refractivity contribution in [3.05, 3.63) is 45.4 Å². The zero-order chi connectivity index (χ0) is 12.3. The number of nitrogens with zero attached hydrogens (tertiary/aromatic N) is 2. The maximum absolute atomic E-state index is 8.84. The normalized spacial score (nSPS) is 11.8. The zero-order valence-electron chi connectivity index (χ0n) is 9.14. The van der Waals surface area contributed by atoms with E-state index in [2.05, 4.69) is 16.4 Å². The van der Waals surface area contributed by atoms with Gasteiger partial charge in [-0.2, -0.15) is 5.26 Å². The highest BCUT2D eigenvalue weighted by molar-refractivity contribution is 7.09. The Kier molecular flexibility index (Phi) is 3.62. The molecule has 17 heavy (non-hydrogen) atoms. The molecule has 0 saturated carbocycles. The van der Waals surface area contributed by atoms with Crippen LogP contribution in [-0.2, 0) is 0 Å². The highest BCUT2D eigenvalue weighted by atomic mass is 35.5. The van der Waals surface area contributed by atoms with E-state index in [0.29, 0.717) is 10.6 Å².